The van der Waals surface area contributed by atoms with Crippen molar-refractivity contribution in [1.82, 2.24) is 0 Å². The Hall–Kier alpha value is -1.02. The molecule has 0 spiro atoms. The number of para-hydroxylation sites is 1. The highest BCUT2D eigenvalue weighted by atomic mass is 15.1. The first-order chi connectivity index (χ1) is 7.24. The van der Waals surface area contributed by atoms with E-state index in [2.05, 4.69) is 49.9 Å². The van der Waals surface area contributed by atoms with Gasteiger partial charge in [-0.25, -0.2) is 0 Å². The summed E-state index contributed by atoms with van der Waals surface area (Å²) in [6, 6.07) is 8.61. The molecule has 0 aliphatic carbocycles. The van der Waals surface area contributed by atoms with Gasteiger partial charge in [-0.15, -0.1) is 0 Å². The molecule has 0 amide bonds. The smallest absolute Gasteiger partial charge is 0.0414 e. The van der Waals surface area contributed by atoms with Gasteiger partial charge in [0.2, 0.25) is 0 Å². The van der Waals surface area contributed by atoms with E-state index < -0.39 is 0 Å². The van der Waals surface area contributed by atoms with Crippen LogP contribution in [0.4, 0.5) is 5.69 Å². The summed E-state index contributed by atoms with van der Waals surface area (Å²) >= 11 is 0. The highest BCUT2D eigenvalue weighted by molar-refractivity contribution is 5.54. The first-order valence-corrected chi connectivity index (χ1v) is 5.83. The average molecular weight is 206 g/mol. The minimum atomic E-state index is 0.154. The van der Waals surface area contributed by atoms with Crippen LogP contribution in [0, 0.1) is 0 Å². The highest BCUT2D eigenvalue weighted by Crippen LogP contribution is 2.26. The number of anilines is 1. The van der Waals surface area contributed by atoms with E-state index >= 15 is 0 Å². The van der Waals surface area contributed by atoms with E-state index in [0.29, 0.717) is 0 Å². The van der Waals surface area contributed by atoms with E-state index in [9.17, 15) is 0 Å². The standard InChI is InChI=1S/C13H22N2/c1-4-12(14)11-9-7-8-10-13(11)15(5-2)6-3/h7-10,12H,4-6,14H2,1-3H3/t12-/m1/s1. The molecule has 1 atom stereocenters. The first kappa shape index (κ1) is 12.1. The second-order valence-electron chi connectivity index (χ2n) is 3.75. The quantitative estimate of drug-likeness (QED) is 0.802. The Morgan fingerprint density at radius 1 is 1.13 bits per heavy atom. The predicted molar refractivity (Wildman–Crippen MR) is 67.2 cm³/mol. The van der Waals surface area contributed by atoms with E-state index in [1.54, 1.807) is 0 Å². The summed E-state index contributed by atoms with van der Waals surface area (Å²) < 4.78 is 0. The zero-order chi connectivity index (χ0) is 11.3. The number of benzene rings is 1. The lowest BCUT2D eigenvalue weighted by Crippen LogP contribution is -2.24. The molecule has 0 bridgehead atoms. The van der Waals surface area contributed by atoms with Crippen LogP contribution in [0.1, 0.15) is 38.8 Å². The third-order valence-corrected chi connectivity index (χ3v) is 2.88. The van der Waals surface area contributed by atoms with Crippen molar-refractivity contribution in [2.45, 2.75) is 33.2 Å². The van der Waals surface area contributed by atoms with E-state index in [0.717, 1.165) is 19.5 Å². The third kappa shape index (κ3) is 2.72. The predicted octanol–water partition coefficient (Wildman–Crippen LogP) is 2.94. The van der Waals surface area contributed by atoms with Crippen LogP contribution in [0.15, 0.2) is 24.3 Å². The number of rotatable bonds is 5. The molecule has 0 heterocycles. The van der Waals surface area contributed by atoms with Crippen LogP contribution in [-0.2, 0) is 0 Å². The summed E-state index contributed by atoms with van der Waals surface area (Å²) in [4.78, 5) is 2.35. The molecule has 0 saturated heterocycles. The molecule has 2 nitrogen and oxygen atoms in total. The summed E-state index contributed by atoms with van der Waals surface area (Å²) in [5.74, 6) is 0. The van der Waals surface area contributed by atoms with Gasteiger partial charge >= 0.3 is 0 Å². The molecule has 1 aromatic carbocycles. The molecule has 2 heteroatoms. The Kier molecular flexibility index (Phi) is 4.63. The molecule has 2 N–H and O–H groups in total. The fraction of sp³-hybridized carbons (Fsp3) is 0.538. The lowest BCUT2D eigenvalue weighted by molar-refractivity contribution is 0.692. The fourth-order valence-corrected chi connectivity index (χ4v) is 1.87. The molecule has 0 aromatic heterocycles. The molecule has 1 aromatic rings. The van der Waals surface area contributed by atoms with Crippen LogP contribution in [0.25, 0.3) is 0 Å². The van der Waals surface area contributed by atoms with Crippen molar-refractivity contribution in [3.8, 4) is 0 Å². The monoisotopic (exact) mass is 206 g/mol. The molecule has 84 valence electrons. The molecule has 0 saturated carbocycles. The van der Waals surface area contributed by atoms with E-state index in [1.807, 2.05) is 0 Å². The molecule has 15 heavy (non-hydrogen) atoms. The molecule has 1 rings (SSSR count). The minimum absolute atomic E-state index is 0.154. The van der Waals surface area contributed by atoms with Crippen molar-refractivity contribution in [1.29, 1.82) is 0 Å². The van der Waals surface area contributed by atoms with Crippen LogP contribution >= 0.6 is 0 Å². The van der Waals surface area contributed by atoms with Gasteiger partial charge in [0, 0.05) is 24.8 Å². The zero-order valence-corrected chi connectivity index (χ0v) is 10.0. The first-order valence-electron chi connectivity index (χ1n) is 5.83. The van der Waals surface area contributed by atoms with E-state index in [-0.39, 0.29) is 6.04 Å². The Morgan fingerprint density at radius 3 is 2.27 bits per heavy atom. The fourth-order valence-electron chi connectivity index (χ4n) is 1.87. The summed E-state index contributed by atoms with van der Waals surface area (Å²) in [5.41, 5.74) is 8.67. The summed E-state index contributed by atoms with van der Waals surface area (Å²) in [5, 5.41) is 0. The number of hydrogen-bond acceptors (Lipinski definition) is 2. The Bertz CT molecular complexity index is 292. The molecular weight excluding hydrogens is 184 g/mol. The van der Waals surface area contributed by atoms with Crippen LogP contribution in [0.2, 0.25) is 0 Å². The van der Waals surface area contributed by atoms with Crippen molar-refractivity contribution in [3.63, 3.8) is 0 Å². The van der Waals surface area contributed by atoms with Crippen LogP contribution in [0.5, 0.6) is 0 Å². The molecular formula is C13H22N2. The lowest BCUT2D eigenvalue weighted by Gasteiger charge is -2.26. The molecule has 0 aliphatic heterocycles. The SMILES string of the molecule is CC[C@@H](N)c1ccccc1N(CC)CC. The maximum Gasteiger partial charge on any atom is 0.0414 e. The lowest BCUT2D eigenvalue weighted by atomic mass is 10.0. The third-order valence-electron chi connectivity index (χ3n) is 2.88. The van der Waals surface area contributed by atoms with E-state index in [4.69, 9.17) is 5.73 Å². The van der Waals surface area contributed by atoms with Gasteiger partial charge in [0.1, 0.15) is 0 Å². The van der Waals surface area contributed by atoms with Crippen molar-refractivity contribution in [3.05, 3.63) is 29.8 Å². The maximum absolute atomic E-state index is 6.12. The average Bonchev–Trinajstić information content (AvgIpc) is 2.30. The molecule has 0 unspecified atom stereocenters. The van der Waals surface area contributed by atoms with Crippen molar-refractivity contribution < 1.29 is 0 Å². The van der Waals surface area contributed by atoms with Gasteiger partial charge in [0.05, 0.1) is 0 Å². The largest absolute Gasteiger partial charge is 0.372 e. The normalized spacial score (nSPS) is 12.5. The zero-order valence-electron chi connectivity index (χ0n) is 10.0. The van der Waals surface area contributed by atoms with Gasteiger partial charge in [-0.2, -0.15) is 0 Å². The van der Waals surface area contributed by atoms with Gasteiger partial charge in [-0.3, -0.25) is 0 Å². The Labute approximate surface area is 93.1 Å². The van der Waals surface area contributed by atoms with E-state index in [1.165, 1.54) is 11.3 Å². The van der Waals surface area contributed by atoms with Crippen molar-refractivity contribution in [2.24, 2.45) is 5.73 Å². The summed E-state index contributed by atoms with van der Waals surface area (Å²) in [7, 11) is 0. The molecule has 0 aliphatic rings. The van der Waals surface area contributed by atoms with Crippen LogP contribution in [-0.4, -0.2) is 13.1 Å². The Morgan fingerprint density at radius 2 is 1.73 bits per heavy atom. The topological polar surface area (TPSA) is 29.3 Å². The second-order valence-corrected chi connectivity index (χ2v) is 3.75. The number of nitrogens with zero attached hydrogens (tertiary/aromatic N) is 1. The van der Waals surface area contributed by atoms with Gasteiger partial charge in [0.25, 0.3) is 0 Å². The number of nitrogens with two attached hydrogens (primary N) is 1. The molecule has 0 radical (unpaired) electrons. The van der Waals surface area contributed by atoms with Crippen molar-refractivity contribution >= 4 is 5.69 Å². The van der Waals surface area contributed by atoms with Gasteiger partial charge < -0.3 is 10.6 Å². The molecule has 0 fully saturated rings. The van der Waals surface area contributed by atoms with Gasteiger partial charge in [-0.05, 0) is 31.9 Å². The van der Waals surface area contributed by atoms with Crippen molar-refractivity contribution in [2.75, 3.05) is 18.0 Å². The minimum Gasteiger partial charge on any atom is -0.372 e. The van der Waals surface area contributed by atoms with Crippen LogP contribution in [0.3, 0.4) is 0 Å². The van der Waals surface area contributed by atoms with Gasteiger partial charge in [0.15, 0.2) is 0 Å². The summed E-state index contributed by atoms with van der Waals surface area (Å²) in [6.07, 6.45) is 0.984. The van der Waals surface area contributed by atoms with Crippen LogP contribution < -0.4 is 10.6 Å². The number of hydrogen-bond donors (Lipinski definition) is 1. The highest BCUT2D eigenvalue weighted by Gasteiger charge is 2.11. The maximum atomic E-state index is 6.12. The van der Waals surface area contributed by atoms with Gasteiger partial charge in [-0.1, -0.05) is 25.1 Å². The summed E-state index contributed by atoms with van der Waals surface area (Å²) in [6.45, 7) is 8.55. The Balaban J connectivity index is 3.04. The second kappa shape index (κ2) is 5.76.